The number of fused-ring (bicyclic) bond motifs is 2. The number of carbonyl (C=O) groups is 2. The monoisotopic (exact) mass is 534 g/mol. The molecule has 0 spiro atoms. The molecule has 1 N–H and O–H groups in total. The highest BCUT2D eigenvalue weighted by molar-refractivity contribution is 5.97. The van der Waals surface area contributed by atoms with Gasteiger partial charge in [-0.25, -0.2) is 14.2 Å². The van der Waals surface area contributed by atoms with Crippen LogP contribution in [0.2, 0.25) is 0 Å². The number of ether oxygens (including phenoxy) is 1. The fourth-order valence-electron chi connectivity index (χ4n) is 4.69. The molecule has 0 atom stereocenters. The Morgan fingerprint density at radius 2 is 1.82 bits per heavy atom. The maximum Gasteiger partial charge on any atom is 0.490 e. The first-order valence-corrected chi connectivity index (χ1v) is 11.8. The van der Waals surface area contributed by atoms with E-state index in [1.54, 1.807) is 4.90 Å². The molecule has 3 heterocycles. The van der Waals surface area contributed by atoms with Crippen molar-refractivity contribution < 1.29 is 37.0 Å². The number of benzene rings is 2. The number of nitrogens with zero attached hydrogens (tertiary/aromatic N) is 4. The van der Waals surface area contributed by atoms with Gasteiger partial charge in [0.05, 0.1) is 24.6 Å². The topological polar surface area (TPSA) is 87.9 Å². The van der Waals surface area contributed by atoms with Gasteiger partial charge in [-0.1, -0.05) is 18.2 Å². The van der Waals surface area contributed by atoms with Gasteiger partial charge in [-0.15, -0.1) is 0 Å². The van der Waals surface area contributed by atoms with Crippen LogP contribution in [0.3, 0.4) is 0 Å². The lowest BCUT2D eigenvalue weighted by molar-refractivity contribution is -0.192. The number of aromatic nitrogens is 2. The van der Waals surface area contributed by atoms with E-state index in [9.17, 15) is 22.4 Å². The molecule has 0 bridgehead atoms. The lowest BCUT2D eigenvalue weighted by Crippen LogP contribution is -2.34. The first kappa shape index (κ1) is 27.1. The number of aliphatic carboxylic acids is 1. The lowest BCUT2D eigenvalue weighted by Gasteiger charge is -2.21. The Kier molecular flexibility index (Phi) is 7.72. The second-order valence-electron chi connectivity index (χ2n) is 9.02. The van der Waals surface area contributed by atoms with Crippen LogP contribution in [0.5, 0.6) is 5.75 Å². The number of carboxylic acids is 1. The van der Waals surface area contributed by atoms with Gasteiger partial charge in [0, 0.05) is 50.8 Å². The van der Waals surface area contributed by atoms with E-state index in [0.29, 0.717) is 31.6 Å². The summed E-state index contributed by atoms with van der Waals surface area (Å²) in [6.45, 7) is 3.68. The number of carboxylic acid groups (broad SMARTS) is 1. The average molecular weight is 535 g/mol. The minimum Gasteiger partial charge on any atom is -0.496 e. The number of methoxy groups -OCH3 is 1. The number of carbonyl (C=O) groups excluding carboxylic acids is 1. The van der Waals surface area contributed by atoms with Gasteiger partial charge in [0.15, 0.2) is 0 Å². The van der Waals surface area contributed by atoms with Crippen molar-refractivity contribution >= 4 is 11.9 Å². The number of hydrogen-bond acceptors (Lipinski definition) is 5. The third-order valence-corrected chi connectivity index (χ3v) is 6.48. The molecule has 1 amide bonds. The summed E-state index contributed by atoms with van der Waals surface area (Å²) in [5.41, 5.74) is 5.44. The molecule has 0 fully saturated rings. The molecule has 2 aromatic carbocycles. The summed E-state index contributed by atoms with van der Waals surface area (Å²) in [7, 11) is 3.58. The number of amides is 1. The molecule has 202 valence electrons. The van der Waals surface area contributed by atoms with Gasteiger partial charge in [0.1, 0.15) is 17.4 Å². The molecule has 2 aliphatic rings. The van der Waals surface area contributed by atoms with Crippen molar-refractivity contribution in [2.75, 3.05) is 27.2 Å². The molecule has 0 unspecified atom stereocenters. The van der Waals surface area contributed by atoms with Gasteiger partial charge in [0.25, 0.3) is 5.91 Å². The van der Waals surface area contributed by atoms with Crippen molar-refractivity contribution in [3.05, 3.63) is 70.9 Å². The molecule has 1 aromatic heterocycles. The van der Waals surface area contributed by atoms with Crippen molar-refractivity contribution in [3.8, 4) is 17.0 Å². The third kappa shape index (κ3) is 5.64. The molecule has 0 radical (unpaired) electrons. The number of imidazole rings is 1. The Morgan fingerprint density at radius 3 is 2.50 bits per heavy atom. The molecular weight excluding hydrogens is 508 g/mol. The van der Waals surface area contributed by atoms with E-state index in [-0.39, 0.29) is 11.7 Å². The largest absolute Gasteiger partial charge is 0.496 e. The normalized spacial score (nSPS) is 15.2. The maximum atomic E-state index is 13.5. The van der Waals surface area contributed by atoms with Gasteiger partial charge >= 0.3 is 12.1 Å². The zero-order chi connectivity index (χ0) is 27.6. The maximum absolute atomic E-state index is 13.5. The van der Waals surface area contributed by atoms with E-state index in [4.69, 9.17) is 14.6 Å². The van der Waals surface area contributed by atoms with E-state index < -0.39 is 18.0 Å². The highest BCUT2D eigenvalue weighted by Crippen LogP contribution is 2.33. The fraction of sp³-hybridized carbons (Fsp3) is 0.346. The van der Waals surface area contributed by atoms with Crippen molar-refractivity contribution in [1.29, 1.82) is 0 Å². The second-order valence-corrected chi connectivity index (χ2v) is 9.02. The predicted molar refractivity (Wildman–Crippen MR) is 129 cm³/mol. The first-order chi connectivity index (χ1) is 18.0. The van der Waals surface area contributed by atoms with Crippen LogP contribution in [-0.4, -0.2) is 69.8 Å². The zero-order valence-electron chi connectivity index (χ0n) is 20.8. The molecule has 0 aliphatic carbocycles. The molecule has 3 aromatic rings. The standard InChI is InChI=1S/C24H25FN4O2.C2HF3O2/c1-27-14-16-4-3-5-18(20(16)15-27)21-13-26-23-8-9-28(10-11-29(21)23)24(30)19-7-6-17(25)12-22(19)31-2;3-2(4,5)1(6)7/h3-7,12-13H,8-11,14-15H2,1-2H3;(H,6,7). The lowest BCUT2D eigenvalue weighted by atomic mass is 10.0. The van der Waals surface area contributed by atoms with Gasteiger partial charge in [-0.05, 0) is 30.3 Å². The van der Waals surface area contributed by atoms with E-state index in [1.165, 1.54) is 42.0 Å². The van der Waals surface area contributed by atoms with Crippen molar-refractivity contribution in [1.82, 2.24) is 19.4 Å². The Hall–Kier alpha value is -3.93. The van der Waals surface area contributed by atoms with Crippen LogP contribution in [0.15, 0.2) is 42.6 Å². The summed E-state index contributed by atoms with van der Waals surface area (Å²) >= 11 is 0. The quantitative estimate of drug-likeness (QED) is 0.512. The Balaban J connectivity index is 0.000000426. The summed E-state index contributed by atoms with van der Waals surface area (Å²) in [4.78, 5) is 30.8. The van der Waals surface area contributed by atoms with Crippen molar-refractivity contribution in [2.45, 2.75) is 32.2 Å². The van der Waals surface area contributed by atoms with Crippen molar-refractivity contribution in [3.63, 3.8) is 0 Å². The SMILES string of the molecule is COc1cc(F)ccc1C(=O)N1CCc2ncc(-c3cccc4c3CN(C)C4)n2CC1.O=C(O)C(F)(F)F. The number of rotatable bonds is 3. The summed E-state index contributed by atoms with van der Waals surface area (Å²) in [6, 6.07) is 10.5. The Bertz CT molecular complexity index is 1360. The van der Waals surface area contributed by atoms with E-state index in [1.807, 2.05) is 6.20 Å². The van der Waals surface area contributed by atoms with Crippen LogP contribution in [0, 0.1) is 5.82 Å². The minimum atomic E-state index is -5.08. The minimum absolute atomic E-state index is 0.147. The summed E-state index contributed by atoms with van der Waals surface area (Å²) in [5.74, 6) is -2.08. The van der Waals surface area contributed by atoms with Gasteiger partial charge in [0.2, 0.25) is 0 Å². The average Bonchev–Trinajstić information content (AvgIpc) is 3.38. The summed E-state index contributed by atoms with van der Waals surface area (Å²) < 4.78 is 52.8. The van der Waals surface area contributed by atoms with Gasteiger partial charge < -0.3 is 19.3 Å². The van der Waals surface area contributed by atoms with Crippen LogP contribution in [0.4, 0.5) is 17.6 Å². The van der Waals surface area contributed by atoms with Gasteiger partial charge in [-0.2, -0.15) is 13.2 Å². The smallest absolute Gasteiger partial charge is 0.490 e. The molecule has 0 saturated heterocycles. The summed E-state index contributed by atoms with van der Waals surface area (Å²) in [5, 5.41) is 7.12. The molecule has 8 nitrogen and oxygen atoms in total. The Morgan fingerprint density at radius 1 is 1.08 bits per heavy atom. The van der Waals surface area contributed by atoms with Crippen molar-refractivity contribution in [2.24, 2.45) is 0 Å². The first-order valence-electron chi connectivity index (χ1n) is 11.8. The highest BCUT2D eigenvalue weighted by atomic mass is 19.4. The van der Waals surface area contributed by atoms with E-state index >= 15 is 0 Å². The molecule has 12 heteroatoms. The highest BCUT2D eigenvalue weighted by Gasteiger charge is 2.38. The van der Waals surface area contributed by atoms with Crippen LogP contribution >= 0.6 is 0 Å². The van der Waals surface area contributed by atoms with Crippen LogP contribution in [0.25, 0.3) is 11.3 Å². The Labute approximate surface area is 216 Å². The molecule has 38 heavy (non-hydrogen) atoms. The summed E-state index contributed by atoms with van der Waals surface area (Å²) in [6.07, 6.45) is -2.45. The van der Waals surface area contributed by atoms with E-state index in [0.717, 1.165) is 24.6 Å². The molecular formula is C26H26F4N4O4. The third-order valence-electron chi connectivity index (χ3n) is 6.48. The number of hydrogen-bond donors (Lipinski definition) is 1. The fourth-order valence-corrected chi connectivity index (χ4v) is 4.69. The van der Waals surface area contributed by atoms with Crippen LogP contribution < -0.4 is 4.74 Å². The zero-order valence-corrected chi connectivity index (χ0v) is 20.8. The van der Waals surface area contributed by atoms with E-state index in [2.05, 4.69) is 39.7 Å². The molecule has 5 rings (SSSR count). The van der Waals surface area contributed by atoms with Gasteiger partial charge in [-0.3, -0.25) is 9.69 Å². The van der Waals surface area contributed by atoms with Crippen LogP contribution in [0.1, 0.15) is 27.3 Å². The van der Waals surface area contributed by atoms with Crippen LogP contribution in [-0.2, 0) is 30.8 Å². The number of halogens is 4. The predicted octanol–water partition coefficient (Wildman–Crippen LogP) is 3.98. The molecule has 0 saturated carbocycles. The number of alkyl halides is 3. The molecule has 2 aliphatic heterocycles. The second kappa shape index (κ2) is 10.8.